The molecule has 0 radical (unpaired) electrons. The van der Waals surface area contributed by atoms with Crippen LogP contribution in [-0.4, -0.2) is 9.55 Å². The summed E-state index contributed by atoms with van der Waals surface area (Å²) in [6, 6.07) is 6.23. The molecule has 96 valence electrons. The molecule has 0 saturated heterocycles. The fourth-order valence-corrected chi connectivity index (χ4v) is 3.11. The molecule has 4 heteroatoms. The molecule has 0 unspecified atom stereocenters. The summed E-state index contributed by atoms with van der Waals surface area (Å²) in [6.45, 7) is 3.33. The summed E-state index contributed by atoms with van der Waals surface area (Å²) in [4.78, 5) is 4.63. The van der Waals surface area contributed by atoms with Crippen LogP contribution in [0.3, 0.4) is 0 Å². The van der Waals surface area contributed by atoms with Crippen molar-refractivity contribution in [3.05, 3.63) is 28.5 Å². The normalized spacial score (nSPS) is 17.3. The van der Waals surface area contributed by atoms with E-state index in [0.717, 1.165) is 22.4 Å². The molecule has 2 aromatic rings. The molecule has 0 amide bonds. The summed E-state index contributed by atoms with van der Waals surface area (Å²) in [5.74, 6) is 1.47. The monoisotopic (exact) mass is 326 g/mol. The molecule has 1 heterocycles. The van der Waals surface area contributed by atoms with Crippen LogP contribution in [-0.2, 0) is 12.4 Å². The van der Waals surface area contributed by atoms with Gasteiger partial charge in [-0.1, -0.05) is 22.9 Å². The molecule has 2 nitrogen and oxygen atoms in total. The molecule has 1 aliphatic rings. The van der Waals surface area contributed by atoms with Gasteiger partial charge < -0.3 is 4.57 Å². The van der Waals surface area contributed by atoms with E-state index in [0.29, 0.717) is 11.3 Å². The highest BCUT2D eigenvalue weighted by molar-refractivity contribution is 9.10. The number of imidazole rings is 1. The second-order valence-corrected chi connectivity index (χ2v) is 6.42. The van der Waals surface area contributed by atoms with Gasteiger partial charge in [0.2, 0.25) is 0 Å². The fourth-order valence-electron chi connectivity index (χ4n) is 2.56. The first-order valence-electron chi connectivity index (χ1n) is 6.38. The van der Waals surface area contributed by atoms with Gasteiger partial charge in [0.05, 0.1) is 16.9 Å². The van der Waals surface area contributed by atoms with E-state index in [9.17, 15) is 0 Å². The molecule has 1 saturated carbocycles. The number of aromatic nitrogens is 2. The standard InChI is InChI=1S/C14H16BrClN2/c1-2-14(5-6-14)9-18-12-7-10(15)3-4-11(12)17-13(18)8-16/h3-4,7H,2,5-6,8-9H2,1H3. The molecule has 1 aliphatic carbocycles. The first kappa shape index (κ1) is 12.5. The summed E-state index contributed by atoms with van der Waals surface area (Å²) in [6.07, 6.45) is 3.90. The topological polar surface area (TPSA) is 17.8 Å². The summed E-state index contributed by atoms with van der Waals surface area (Å²) in [5.41, 5.74) is 2.73. The van der Waals surface area contributed by atoms with Crippen LogP contribution in [0.25, 0.3) is 11.0 Å². The zero-order chi connectivity index (χ0) is 12.8. The van der Waals surface area contributed by atoms with Crippen LogP contribution < -0.4 is 0 Å². The Labute approximate surface area is 120 Å². The first-order valence-corrected chi connectivity index (χ1v) is 7.71. The zero-order valence-corrected chi connectivity index (χ0v) is 12.8. The third kappa shape index (κ3) is 2.08. The van der Waals surface area contributed by atoms with Crippen molar-refractivity contribution in [2.24, 2.45) is 5.41 Å². The van der Waals surface area contributed by atoms with Crippen LogP contribution >= 0.6 is 27.5 Å². The van der Waals surface area contributed by atoms with Gasteiger partial charge in [-0.05, 0) is 42.9 Å². The Kier molecular flexibility index (Phi) is 3.15. The smallest absolute Gasteiger partial charge is 0.124 e. The van der Waals surface area contributed by atoms with Crippen molar-refractivity contribution >= 4 is 38.6 Å². The average Bonchev–Trinajstić information content (AvgIpc) is 3.08. The van der Waals surface area contributed by atoms with Gasteiger partial charge in [0.25, 0.3) is 0 Å². The number of rotatable bonds is 4. The van der Waals surface area contributed by atoms with E-state index >= 15 is 0 Å². The minimum absolute atomic E-state index is 0.478. The van der Waals surface area contributed by atoms with Gasteiger partial charge in [-0.3, -0.25) is 0 Å². The lowest BCUT2D eigenvalue weighted by molar-refractivity contribution is 0.410. The molecule has 1 aromatic carbocycles. The van der Waals surface area contributed by atoms with Crippen molar-refractivity contribution in [2.75, 3.05) is 0 Å². The van der Waals surface area contributed by atoms with Crippen LogP contribution in [0.4, 0.5) is 0 Å². The van der Waals surface area contributed by atoms with Gasteiger partial charge >= 0.3 is 0 Å². The van der Waals surface area contributed by atoms with Crippen LogP contribution in [0, 0.1) is 5.41 Å². The molecular formula is C14H16BrClN2. The summed E-state index contributed by atoms with van der Waals surface area (Å²) in [5, 5.41) is 0. The Bertz CT molecular complexity index is 587. The molecule has 0 spiro atoms. The maximum Gasteiger partial charge on any atom is 0.124 e. The molecule has 3 rings (SSSR count). The maximum atomic E-state index is 6.04. The van der Waals surface area contributed by atoms with Gasteiger partial charge in [0, 0.05) is 11.0 Å². The molecule has 0 aliphatic heterocycles. The summed E-state index contributed by atoms with van der Waals surface area (Å²) in [7, 11) is 0. The van der Waals surface area contributed by atoms with Gasteiger partial charge in [-0.25, -0.2) is 4.98 Å². The van der Waals surface area contributed by atoms with E-state index in [1.54, 1.807) is 0 Å². The highest BCUT2D eigenvalue weighted by Gasteiger charge is 2.41. The lowest BCUT2D eigenvalue weighted by atomic mass is 10.0. The van der Waals surface area contributed by atoms with Crippen molar-refractivity contribution in [3.63, 3.8) is 0 Å². The van der Waals surface area contributed by atoms with Crippen molar-refractivity contribution in [1.29, 1.82) is 0 Å². The Morgan fingerprint density at radius 1 is 1.44 bits per heavy atom. The molecule has 18 heavy (non-hydrogen) atoms. The van der Waals surface area contributed by atoms with Crippen LogP contribution in [0.5, 0.6) is 0 Å². The Hall–Kier alpha value is -0.540. The van der Waals surface area contributed by atoms with Gasteiger partial charge in [0.1, 0.15) is 5.82 Å². The van der Waals surface area contributed by atoms with E-state index in [1.807, 2.05) is 6.07 Å². The highest BCUT2D eigenvalue weighted by atomic mass is 79.9. The highest BCUT2D eigenvalue weighted by Crippen LogP contribution is 2.50. The SMILES string of the molecule is CCC1(Cn2c(CCl)nc3ccc(Br)cc32)CC1. The number of nitrogens with zero attached hydrogens (tertiary/aromatic N) is 2. The van der Waals surface area contributed by atoms with Crippen LogP contribution in [0.15, 0.2) is 22.7 Å². The number of benzene rings is 1. The largest absolute Gasteiger partial charge is 0.326 e. The number of fused-ring (bicyclic) bond motifs is 1. The van der Waals surface area contributed by atoms with E-state index in [2.05, 4.69) is 44.5 Å². The Morgan fingerprint density at radius 3 is 2.83 bits per heavy atom. The predicted octanol–water partition coefficient (Wildman–Crippen LogP) is 4.73. The number of hydrogen-bond acceptors (Lipinski definition) is 1. The molecule has 1 fully saturated rings. The summed E-state index contributed by atoms with van der Waals surface area (Å²) >= 11 is 9.58. The third-order valence-electron chi connectivity index (χ3n) is 4.11. The van der Waals surface area contributed by atoms with E-state index in [1.165, 1.54) is 24.8 Å². The summed E-state index contributed by atoms with van der Waals surface area (Å²) < 4.78 is 3.41. The molecule has 1 aromatic heterocycles. The molecular weight excluding hydrogens is 312 g/mol. The zero-order valence-electron chi connectivity index (χ0n) is 10.4. The van der Waals surface area contributed by atoms with Gasteiger partial charge in [-0.2, -0.15) is 0 Å². The van der Waals surface area contributed by atoms with Crippen LogP contribution in [0.2, 0.25) is 0 Å². The minimum atomic E-state index is 0.478. The quantitative estimate of drug-likeness (QED) is 0.742. The van der Waals surface area contributed by atoms with Crippen molar-refractivity contribution in [1.82, 2.24) is 9.55 Å². The number of hydrogen-bond donors (Lipinski definition) is 0. The van der Waals surface area contributed by atoms with Gasteiger partial charge in [-0.15, -0.1) is 11.6 Å². The lowest BCUT2D eigenvalue weighted by Gasteiger charge is -2.16. The number of halogens is 2. The fraction of sp³-hybridized carbons (Fsp3) is 0.500. The van der Waals surface area contributed by atoms with Crippen molar-refractivity contribution in [3.8, 4) is 0 Å². The van der Waals surface area contributed by atoms with E-state index in [-0.39, 0.29) is 0 Å². The van der Waals surface area contributed by atoms with Crippen LogP contribution in [0.1, 0.15) is 32.0 Å². The Morgan fingerprint density at radius 2 is 2.22 bits per heavy atom. The molecule has 0 N–H and O–H groups in total. The van der Waals surface area contributed by atoms with Gasteiger partial charge in [0.15, 0.2) is 0 Å². The maximum absolute atomic E-state index is 6.04. The molecule has 0 atom stereocenters. The number of alkyl halides is 1. The predicted molar refractivity (Wildman–Crippen MR) is 78.9 cm³/mol. The Balaban J connectivity index is 2.09. The second kappa shape index (κ2) is 4.53. The third-order valence-corrected chi connectivity index (χ3v) is 4.84. The average molecular weight is 328 g/mol. The minimum Gasteiger partial charge on any atom is -0.326 e. The lowest BCUT2D eigenvalue weighted by Crippen LogP contribution is -2.12. The van der Waals surface area contributed by atoms with E-state index in [4.69, 9.17) is 11.6 Å². The van der Waals surface area contributed by atoms with E-state index < -0.39 is 0 Å². The first-order chi connectivity index (χ1) is 8.67. The molecule has 0 bridgehead atoms. The second-order valence-electron chi connectivity index (χ2n) is 5.23. The van der Waals surface area contributed by atoms with Crippen molar-refractivity contribution in [2.45, 2.75) is 38.6 Å². The van der Waals surface area contributed by atoms with Crippen molar-refractivity contribution < 1.29 is 0 Å².